The van der Waals surface area contributed by atoms with E-state index in [9.17, 15) is 13.6 Å². The topological polar surface area (TPSA) is 47.6 Å². The highest BCUT2D eigenvalue weighted by molar-refractivity contribution is 6.42. The molecule has 4 nitrogen and oxygen atoms in total. The molecular formula is C15H11Cl2F2NO3. The summed E-state index contributed by atoms with van der Waals surface area (Å²) < 4.78 is 33.8. The molecule has 0 saturated heterocycles. The van der Waals surface area contributed by atoms with E-state index in [1.807, 2.05) is 0 Å². The highest BCUT2D eigenvalue weighted by Crippen LogP contribution is 2.30. The average Bonchev–Trinajstić information content (AvgIpc) is 2.50. The van der Waals surface area contributed by atoms with Crippen LogP contribution in [0, 0.1) is 0 Å². The summed E-state index contributed by atoms with van der Waals surface area (Å²) in [5.74, 6) is -0.606. The number of amides is 1. The van der Waals surface area contributed by atoms with E-state index in [2.05, 4.69) is 10.1 Å². The van der Waals surface area contributed by atoms with Gasteiger partial charge in [0, 0.05) is 11.3 Å². The van der Waals surface area contributed by atoms with Crippen molar-refractivity contribution in [3.05, 3.63) is 52.0 Å². The number of rotatable bonds is 5. The summed E-state index contributed by atoms with van der Waals surface area (Å²) >= 11 is 11.7. The van der Waals surface area contributed by atoms with Crippen LogP contribution in [0.2, 0.25) is 10.0 Å². The molecule has 1 amide bonds. The Hall–Kier alpha value is -2.05. The molecule has 2 rings (SSSR count). The van der Waals surface area contributed by atoms with Crippen molar-refractivity contribution < 1.29 is 23.0 Å². The van der Waals surface area contributed by atoms with Crippen LogP contribution in [0.1, 0.15) is 10.4 Å². The van der Waals surface area contributed by atoms with Gasteiger partial charge in [-0.05, 0) is 36.4 Å². The van der Waals surface area contributed by atoms with Crippen molar-refractivity contribution in [2.24, 2.45) is 0 Å². The smallest absolute Gasteiger partial charge is 0.387 e. The van der Waals surface area contributed by atoms with E-state index in [0.717, 1.165) is 0 Å². The van der Waals surface area contributed by atoms with Crippen LogP contribution in [0.5, 0.6) is 11.5 Å². The minimum atomic E-state index is -2.99. The number of carbonyl (C=O) groups excluding carboxylic acids is 1. The van der Waals surface area contributed by atoms with Crippen LogP contribution < -0.4 is 14.8 Å². The molecule has 0 aliphatic carbocycles. The Kier molecular flexibility index (Phi) is 5.63. The van der Waals surface area contributed by atoms with Gasteiger partial charge in [-0.3, -0.25) is 4.79 Å². The molecule has 0 bridgehead atoms. The van der Waals surface area contributed by atoms with Crippen LogP contribution in [-0.4, -0.2) is 19.6 Å². The standard InChI is InChI=1S/C15H11Cl2F2NO3/c1-22-13-6-8(2-5-12(13)23-15(18)19)14(21)20-9-3-4-10(16)11(17)7-9/h2-7,15H,1H3,(H,20,21). The number of ether oxygens (including phenoxy) is 2. The molecule has 23 heavy (non-hydrogen) atoms. The number of alkyl halides is 2. The van der Waals surface area contributed by atoms with Crippen LogP contribution in [-0.2, 0) is 0 Å². The highest BCUT2D eigenvalue weighted by Gasteiger charge is 2.14. The fourth-order valence-corrected chi connectivity index (χ4v) is 2.08. The summed E-state index contributed by atoms with van der Waals surface area (Å²) in [6.07, 6.45) is 0. The summed E-state index contributed by atoms with van der Waals surface area (Å²) in [5.41, 5.74) is 0.644. The number of benzene rings is 2. The van der Waals surface area contributed by atoms with E-state index in [-0.39, 0.29) is 17.1 Å². The molecule has 0 fully saturated rings. The van der Waals surface area contributed by atoms with E-state index in [0.29, 0.717) is 15.7 Å². The molecule has 0 atom stereocenters. The predicted octanol–water partition coefficient (Wildman–Crippen LogP) is 4.86. The molecule has 0 radical (unpaired) electrons. The Bertz CT molecular complexity index is 726. The third-order valence-corrected chi connectivity index (χ3v) is 3.56. The first-order chi connectivity index (χ1) is 10.9. The van der Waals surface area contributed by atoms with Crippen molar-refractivity contribution in [2.75, 3.05) is 12.4 Å². The molecule has 0 spiro atoms. The van der Waals surface area contributed by atoms with Gasteiger partial charge < -0.3 is 14.8 Å². The fraction of sp³-hybridized carbons (Fsp3) is 0.133. The van der Waals surface area contributed by atoms with Gasteiger partial charge in [0.15, 0.2) is 11.5 Å². The molecule has 0 aromatic heterocycles. The van der Waals surface area contributed by atoms with Gasteiger partial charge in [-0.1, -0.05) is 23.2 Å². The summed E-state index contributed by atoms with van der Waals surface area (Å²) in [4.78, 5) is 12.2. The second kappa shape index (κ2) is 7.48. The number of anilines is 1. The molecule has 0 aliphatic rings. The van der Waals surface area contributed by atoms with E-state index in [1.54, 1.807) is 12.1 Å². The Morgan fingerprint density at radius 2 is 1.83 bits per heavy atom. The minimum Gasteiger partial charge on any atom is -0.493 e. The Morgan fingerprint density at radius 3 is 2.43 bits per heavy atom. The van der Waals surface area contributed by atoms with Crippen molar-refractivity contribution in [2.45, 2.75) is 6.61 Å². The molecule has 8 heteroatoms. The fourth-order valence-electron chi connectivity index (χ4n) is 1.78. The number of halogens is 4. The molecule has 0 heterocycles. The van der Waals surface area contributed by atoms with Gasteiger partial charge in [-0.2, -0.15) is 8.78 Å². The Morgan fingerprint density at radius 1 is 1.09 bits per heavy atom. The normalized spacial score (nSPS) is 10.5. The highest BCUT2D eigenvalue weighted by atomic mass is 35.5. The van der Waals surface area contributed by atoms with Gasteiger partial charge in [-0.25, -0.2) is 0 Å². The number of carbonyl (C=O) groups is 1. The lowest BCUT2D eigenvalue weighted by Gasteiger charge is -2.11. The van der Waals surface area contributed by atoms with Crippen LogP contribution in [0.3, 0.4) is 0 Å². The number of methoxy groups -OCH3 is 1. The van der Waals surface area contributed by atoms with Gasteiger partial charge in [0.25, 0.3) is 5.91 Å². The predicted molar refractivity (Wildman–Crippen MR) is 84.0 cm³/mol. The largest absolute Gasteiger partial charge is 0.493 e. The number of nitrogens with one attached hydrogen (secondary N) is 1. The molecule has 1 N–H and O–H groups in total. The monoisotopic (exact) mass is 361 g/mol. The molecular weight excluding hydrogens is 351 g/mol. The second-order valence-corrected chi connectivity index (χ2v) is 5.14. The number of hydrogen-bond donors (Lipinski definition) is 1. The maximum Gasteiger partial charge on any atom is 0.387 e. The minimum absolute atomic E-state index is 0.0205. The van der Waals surface area contributed by atoms with E-state index in [1.165, 1.54) is 31.4 Å². The lowest BCUT2D eigenvalue weighted by molar-refractivity contribution is -0.0512. The SMILES string of the molecule is COc1cc(C(=O)Nc2ccc(Cl)c(Cl)c2)ccc1OC(F)F. The molecule has 0 unspecified atom stereocenters. The zero-order valence-corrected chi connectivity index (χ0v) is 13.3. The second-order valence-electron chi connectivity index (χ2n) is 4.33. The lowest BCUT2D eigenvalue weighted by Crippen LogP contribution is -2.12. The third kappa shape index (κ3) is 4.46. The lowest BCUT2D eigenvalue weighted by atomic mass is 10.2. The summed E-state index contributed by atoms with van der Waals surface area (Å²) in [6, 6.07) is 8.48. The number of hydrogen-bond acceptors (Lipinski definition) is 3. The van der Waals surface area contributed by atoms with Gasteiger partial charge in [0.05, 0.1) is 17.2 Å². The van der Waals surface area contributed by atoms with Crippen molar-refractivity contribution in [1.29, 1.82) is 0 Å². The molecule has 0 aliphatic heterocycles. The summed E-state index contributed by atoms with van der Waals surface area (Å²) in [7, 11) is 1.29. The average molecular weight is 362 g/mol. The van der Waals surface area contributed by atoms with Crippen LogP contribution in [0.25, 0.3) is 0 Å². The first-order valence-corrected chi connectivity index (χ1v) is 7.05. The van der Waals surface area contributed by atoms with Crippen molar-refractivity contribution in [3.8, 4) is 11.5 Å². The Balaban J connectivity index is 2.20. The maximum absolute atomic E-state index is 12.3. The van der Waals surface area contributed by atoms with Gasteiger partial charge >= 0.3 is 6.61 Å². The first kappa shape index (κ1) is 17.3. The molecule has 122 valence electrons. The summed E-state index contributed by atoms with van der Waals surface area (Å²) in [6.45, 7) is -2.99. The van der Waals surface area contributed by atoms with Crippen molar-refractivity contribution in [1.82, 2.24) is 0 Å². The quantitative estimate of drug-likeness (QED) is 0.827. The Labute approximate surface area is 140 Å². The van der Waals surface area contributed by atoms with E-state index >= 15 is 0 Å². The van der Waals surface area contributed by atoms with Gasteiger partial charge in [0.2, 0.25) is 0 Å². The third-order valence-electron chi connectivity index (χ3n) is 2.82. The van der Waals surface area contributed by atoms with Crippen molar-refractivity contribution in [3.63, 3.8) is 0 Å². The van der Waals surface area contributed by atoms with Crippen molar-refractivity contribution >= 4 is 34.8 Å². The summed E-state index contributed by atoms with van der Waals surface area (Å²) in [5, 5.41) is 3.27. The molecule has 2 aromatic rings. The van der Waals surface area contributed by atoms with Crippen LogP contribution in [0.4, 0.5) is 14.5 Å². The molecule has 2 aromatic carbocycles. The first-order valence-electron chi connectivity index (χ1n) is 6.30. The van der Waals surface area contributed by atoms with Crippen LogP contribution >= 0.6 is 23.2 Å². The maximum atomic E-state index is 12.3. The van der Waals surface area contributed by atoms with E-state index in [4.69, 9.17) is 27.9 Å². The van der Waals surface area contributed by atoms with E-state index < -0.39 is 12.5 Å². The van der Waals surface area contributed by atoms with Gasteiger partial charge in [0.1, 0.15) is 0 Å². The zero-order chi connectivity index (χ0) is 17.0. The zero-order valence-electron chi connectivity index (χ0n) is 11.8. The van der Waals surface area contributed by atoms with Crippen LogP contribution in [0.15, 0.2) is 36.4 Å². The molecule has 0 saturated carbocycles. The van der Waals surface area contributed by atoms with Gasteiger partial charge in [-0.15, -0.1) is 0 Å².